The maximum Gasteiger partial charge on any atom is 0.323 e. The molecule has 0 radical (unpaired) electrons. The lowest BCUT2D eigenvalue weighted by Gasteiger charge is -2.09. The second kappa shape index (κ2) is 4.56. The molecular weight excluding hydrogens is 222 g/mol. The number of thiocarbonyl (C=S) groups is 1. The Hall–Kier alpha value is -0.880. The van der Waals surface area contributed by atoms with Gasteiger partial charge in [0.25, 0.3) is 5.91 Å². The molecule has 76 valence electrons. The van der Waals surface area contributed by atoms with Crippen LogP contribution >= 0.6 is 24.0 Å². The number of amides is 1. The van der Waals surface area contributed by atoms with Gasteiger partial charge in [-0.25, -0.2) is 0 Å². The highest BCUT2D eigenvalue weighted by Crippen LogP contribution is 2.30. The van der Waals surface area contributed by atoms with E-state index in [0.29, 0.717) is 9.23 Å². The van der Waals surface area contributed by atoms with E-state index >= 15 is 0 Å². The van der Waals surface area contributed by atoms with Crippen molar-refractivity contribution >= 4 is 40.2 Å². The van der Waals surface area contributed by atoms with Gasteiger partial charge in [-0.2, -0.15) is 0 Å². The third-order valence-electron chi connectivity index (χ3n) is 1.56. The molecule has 1 amide bonds. The van der Waals surface area contributed by atoms with Gasteiger partial charge in [0.05, 0.1) is 4.91 Å². The summed E-state index contributed by atoms with van der Waals surface area (Å²) < 4.78 is 0.317. The Morgan fingerprint density at radius 2 is 2.36 bits per heavy atom. The average molecular weight is 231 g/mol. The number of carboxylic acid groups (broad SMARTS) is 1. The summed E-state index contributed by atoms with van der Waals surface area (Å²) in [6.45, 7) is 1.55. The maximum absolute atomic E-state index is 11.5. The fourth-order valence-corrected chi connectivity index (χ4v) is 2.30. The Morgan fingerprint density at radius 3 is 2.86 bits per heavy atom. The van der Waals surface area contributed by atoms with E-state index in [1.165, 1.54) is 0 Å². The van der Waals surface area contributed by atoms with Crippen molar-refractivity contribution in [2.24, 2.45) is 0 Å². The molecule has 1 aliphatic rings. The first-order valence-electron chi connectivity index (χ1n) is 4.02. The predicted molar refractivity (Wildman–Crippen MR) is 57.9 cm³/mol. The van der Waals surface area contributed by atoms with Crippen molar-refractivity contribution in [1.82, 2.24) is 4.90 Å². The summed E-state index contributed by atoms with van der Waals surface area (Å²) in [5.74, 6) is -1.36. The van der Waals surface area contributed by atoms with E-state index in [0.717, 1.165) is 23.1 Å². The first-order chi connectivity index (χ1) is 6.56. The van der Waals surface area contributed by atoms with Crippen LogP contribution in [0.15, 0.2) is 11.0 Å². The Balaban J connectivity index is 2.80. The number of nitrogens with zero attached hydrogens (tertiary/aromatic N) is 1. The standard InChI is InChI=1S/C8H9NO3S2/c1-2-3-5-7(12)9(4-6(10)11)8(13)14-5/h3H,2,4H2,1H3,(H,10,11). The molecule has 1 aliphatic heterocycles. The van der Waals surface area contributed by atoms with E-state index in [1.807, 2.05) is 6.92 Å². The van der Waals surface area contributed by atoms with Gasteiger partial charge in [0.1, 0.15) is 10.9 Å². The smallest absolute Gasteiger partial charge is 0.323 e. The molecule has 4 nitrogen and oxygen atoms in total. The topological polar surface area (TPSA) is 57.6 Å². The van der Waals surface area contributed by atoms with Gasteiger partial charge in [0, 0.05) is 0 Å². The van der Waals surface area contributed by atoms with Crippen LogP contribution in [0.4, 0.5) is 0 Å². The van der Waals surface area contributed by atoms with Gasteiger partial charge in [-0.1, -0.05) is 37.0 Å². The Morgan fingerprint density at radius 1 is 1.71 bits per heavy atom. The van der Waals surface area contributed by atoms with Gasteiger partial charge in [0.2, 0.25) is 0 Å². The third kappa shape index (κ3) is 2.33. The minimum Gasteiger partial charge on any atom is -0.480 e. The lowest BCUT2D eigenvalue weighted by molar-refractivity contribution is -0.140. The molecule has 1 saturated heterocycles. The van der Waals surface area contributed by atoms with E-state index in [2.05, 4.69) is 0 Å². The summed E-state index contributed by atoms with van der Waals surface area (Å²) in [6, 6.07) is 0. The number of carbonyl (C=O) groups excluding carboxylic acids is 1. The zero-order chi connectivity index (χ0) is 10.7. The Kier molecular flexibility index (Phi) is 3.65. The van der Waals surface area contributed by atoms with Crippen molar-refractivity contribution in [2.75, 3.05) is 6.54 Å². The molecule has 0 bridgehead atoms. The number of hydrogen-bond acceptors (Lipinski definition) is 4. The molecule has 0 atom stereocenters. The molecule has 0 spiro atoms. The normalized spacial score (nSPS) is 19.5. The summed E-state index contributed by atoms with van der Waals surface area (Å²) in [7, 11) is 0. The number of allylic oxidation sites excluding steroid dienone is 1. The molecule has 1 fully saturated rings. The number of rotatable bonds is 3. The van der Waals surface area contributed by atoms with Crippen molar-refractivity contribution in [3.63, 3.8) is 0 Å². The van der Waals surface area contributed by atoms with Gasteiger partial charge in [-0.3, -0.25) is 14.5 Å². The number of carbonyl (C=O) groups is 2. The zero-order valence-corrected chi connectivity index (χ0v) is 9.15. The molecule has 1 N–H and O–H groups in total. The molecule has 0 unspecified atom stereocenters. The molecule has 1 rings (SSSR count). The summed E-state index contributed by atoms with van der Waals surface area (Å²) in [4.78, 5) is 23.6. The highest BCUT2D eigenvalue weighted by molar-refractivity contribution is 8.26. The minimum absolute atomic E-state index is 0.302. The van der Waals surface area contributed by atoms with Crippen molar-refractivity contribution in [2.45, 2.75) is 13.3 Å². The van der Waals surface area contributed by atoms with Gasteiger partial charge >= 0.3 is 5.97 Å². The van der Waals surface area contributed by atoms with Crippen LogP contribution in [-0.2, 0) is 9.59 Å². The molecule has 14 heavy (non-hydrogen) atoms. The van der Waals surface area contributed by atoms with Crippen LogP contribution in [0.2, 0.25) is 0 Å². The van der Waals surface area contributed by atoms with Crippen molar-refractivity contribution in [1.29, 1.82) is 0 Å². The second-order valence-electron chi connectivity index (χ2n) is 2.63. The molecular formula is C8H9NO3S2. The van der Waals surface area contributed by atoms with Gasteiger partial charge in [-0.05, 0) is 6.42 Å². The molecule has 6 heteroatoms. The van der Waals surface area contributed by atoms with E-state index in [-0.39, 0.29) is 12.5 Å². The first-order valence-corrected chi connectivity index (χ1v) is 5.24. The minimum atomic E-state index is -1.06. The van der Waals surface area contributed by atoms with Crippen LogP contribution in [0.1, 0.15) is 13.3 Å². The van der Waals surface area contributed by atoms with Gasteiger partial charge < -0.3 is 5.11 Å². The van der Waals surface area contributed by atoms with Gasteiger partial charge in [0.15, 0.2) is 0 Å². The van der Waals surface area contributed by atoms with E-state index in [4.69, 9.17) is 17.3 Å². The highest BCUT2D eigenvalue weighted by Gasteiger charge is 2.32. The Bertz CT molecular complexity index is 325. The molecule has 0 aromatic carbocycles. The van der Waals surface area contributed by atoms with Crippen LogP contribution < -0.4 is 0 Å². The first kappa shape index (κ1) is 11.2. The van der Waals surface area contributed by atoms with Crippen molar-refractivity contribution in [3.05, 3.63) is 11.0 Å². The molecule has 0 aliphatic carbocycles. The number of carboxylic acids is 1. The molecule has 0 aromatic rings. The Labute approximate surface area is 91.0 Å². The number of thioether (sulfide) groups is 1. The van der Waals surface area contributed by atoms with E-state index in [1.54, 1.807) is 6.08 Å². The van der Waals surface area contributed by atoms with Crippen LogP contribution in [-0.4, -0.2) is 32.7 Å². The zero-order valence-electron chi connectivity index (χ0n) is 7.52. The summed E-state index contributed by atoms with van der Waals surface area (Å²) in [5.41, 5.74) is 0. The largest absolute Gasteiger partial charge is 0.480 e. The predicted octanol–water partition coefficient (Wildman–Crippen LogP) is 1.23. The number of hydrogen-bond donors (Lipinski definition) is 1. The lowest BCUT2D eigenvalue weighted by Crippen LogP contribution is -2.33. The fourth-order valence-electron chi connectivity index (χ4n) is 0.995. The van der Waals surface area contributed by atoms with Crippen LogP contribution in [0.5, 0.6) is 0 Å². The van der Waals surface area contributed by atoms with Gasteiger partial charge in [-0.15, -0.1) is 0 Å². The van der Waals surface area contributed by atoms with E-state index in [9.17, 15) is 9.59 Å². The lowest BCUT2D eigenvalue weighted by atomic mass is 10.4. The van der Waals surface area contributed by atoms with Crippen LogP contribution in [0, 0.1) is 0 Å². The van der Waals surface area contributed by atoms with Crippen LogP contribution in [0.25, 0.3) is 0 Å². The molecule has 1 heterocycles. The summed E-state index contributed by atoms with van der Waals surface area (Å²) in [6.07, 6.45) is 2.48. The number of aliphatic carboxylic acids is 1. The summed E-state index contributed by atoms with van der Waals surface area (Å²) in [5, 5.41) is 8.54. The molecule has 0 saturated carbocycles. The second-order valence-corrected chi connectivity index (χ2v) is 4.31. The average Bonchev–Trinajstić information content (AvgIpc) is 2.33. The third-order valence-corrected chi connectivity index (χ3v) is 2.98. The summed E-state index contributed by atoms with van der Waals surface area (Å²) >= 11 is 6.05. The quantitative estimate of drug-likeness (QED) is 0.584. The fraction of sp³-hybridized carbons (Fsp3) is 0.375. The monoisotopic (exact) mass is 231 g/mol. The maximum atomic E-state index is 11.5. The highest BCUT2D eigenvalue weighted by atomic mass is 32.2. The SMILES string of the molecule is CCC=C1SC(=S)N(CC(=O)O)C1=O. The van der Waals surface area contributed by atoms with E-state index < -0.39 is 5.97 Å². The van der Waals surface area contributed by atoms with Crippen molar-refractivity contribution in [3.8, 4) is 0 Å². The molecule has 0 aromatic heterocycles. The van der Waals surface area contributed by atoms with Crippen LogP contribution in [0.3, 0.4) is 0 Å². The van der Waals surface area contributed by atoms with Crippen molar-refractivity contribution < 1.29 is 14.7 Å².